The summed E-state index contributed by atoms with van der Waals surface area (Å²) >= 11 is 0. The summed E-state index contributed by atoms with van der Waals surface area (Å²) in [6.45, 7) is 3.03. The average molecular weight is 572 g/mol. The van der Waals surface area contributed by atoms with Gasteiger partial charge in [-0.2, -0.15) is 15.0 Å². The Labute approximate surface area is 243 Å². The maximum absolute atomic E-state index is 12.9. The smallest absolute Gasteiger partial charge is 0.259 e. The predicted molar refractivity (Wildman–Crippen MR) is 166 cm³/mol. The molecule has 1 saturated heterocycles. The van der Waals surface area contributed by atoms with Gasteiger partial charge in [0.2, 0.25) is 17.8 Å². The first-order valence-electron chi connectivity index (χ1n) is 13.9. The summed E-state index contributed by atoms with van der Waals surface area (Å²) in [6, 6.07) is 17.7. The fourth-order valence-corrected chi connectivity index (χ4v) is 5.06. The Hall–Kier alpha value is -4.56. The van der Waals surface area contributed by atoms with Gasteiger partial charge >= 0.3 is 0 Å². The standard InChI is InChI=1S/C29H37N11O2/c30-11-13-39(14-12-31)28-36-27(37-29(38-28)40-16-19(32)15-20(33)17-40)35-22-8-6-21(7-9-22)34-26(42)24-10-5-18-3-1-2-4-23(18)25(24)41/h1-10,19-20,41H,11-17,30-33H2,(H,34,42)(H,35,36,37,38)/t19-,20+. The number of rotatable bonds is 10. The lowest BCUT2D eigenvalue weighted by Gasteiger charge is -2.35. The molecule has 1 amide bonds. The van der Waals surface area contributed by atoms with E-state index < -0.39 is 5.91 Å². The SMILES string of the molecule is NCCN(CCN)c1nc(Nc2ccc(NC(=O)c3ccc4ccccc4c3O)cc2)nc(N2C[C@H](N)C[C@H](N)C2)n1. The van der Waals surface area contributed by atoms with Crippen molar-refractivity contribution in [1.29, 1.82) is 0 Å². The van der Waals surface area contributed by atoms with Gasteiger partial charge in [0.05, 0.1) is 5.56 Å². The van der Waals surface area contributed by atoms with Crippen molar-refractivity contribution in [3.05, 3.63) is 66.2 Å². The Morgan fingerprint density at radius 1 is 0.905 bits per heavy atom. The van der Waals surface area contributed by atoms with Crippen LogP contribution >= 0.6 is 0 Å². The number of hydrogen-bond acceptors (Lipinski definition) is 12. The van der Waals surface area contributed by atoms with Gasteiger partial charge in [-0.1, -0.05) is 30.3 Å². The molecule has 5 rings (SSSR count). The number of piperidine rings is 1. The van der Waals surface area contributed by atoms with E-state index in [1.807, 2.05) is 34.1 Å². The first-order chi connectivity index (χ1) is 20.3. The van der Waals surface area contributed by atoms with Crippen LogP contribution in [0, 0.1) is 0 Å². The highest BCUT2D eigenvalue weighted by Gasteiger charge is 2.26. The molecule has 2 atom stereocenters. The summed E-state index contributed by atoms with van der Waals surface area (Å²) in [5, 5.41) is 18.2. The van der Waals surface area contributed by atoms with Crippen molar-refractivity contribution in [2.45, 2.75) is 18.5 Å². The number of benzene rings is 3. The van der Waals surface area contributed by atoms with Crippen LogP contribution in [0.3, 0.4) is 0 Å². The molecule has 0 bridgehead atoms. The normalized spacial score (nSPS) is 16.8. The number of amides is 1. The Kier molecular flexibility index (Phi) is 8.93. The summed E-state index contributed by atoms with van der Waals surface area (Å²) in [5.41, 5.74) is 25.6. The minimum Gasteiger partial charge on any atom is -0.506 e. The third-order valence-corrected chi connectivity index (χ3v) is 7.03. The molecule has 13 heteroatoms. The van der Waals surface area contributed by atoms with Crippen molar-refractivity contribution in [2.75, 3.05) is 59.7 Å². The maximum Gasteiger partial charge on any atom is 0.259 e. The first kappa shape index (κ1) is 29.0. The number of nitrogens with two attached hydrogens (primary N) is 4. The van der Waals surface area contributed by atoms with Crippen LogP contribution in [0.25, 0.3) is 10.8 Å². The molecule has 0 radical (unpaired) electrons. The van der Waals surface area contributed by atoms with Gasteiger partial charge in [-0.25, -0.2) is 0 Å². The van der Waals surface area contributed by atoms with Crippen molar-refractivity contribution in [1.82, 2.24) is 15.0 Å². The number of fused-ring (bicyclic) bond motifs is 1. The monoisotopic (exact) mass is 571 g/mol. The van der Waals surface area contributed by atoms with Crippen molar-refractivity contribution < 1.29 is 9.90 Å². The van der Waals surface area contributed by atoms with Crippen LogP contribution in [0.2, 0.25) is 0 Å². The summed E-state index contributed by atoms with van der Waals surface area (Å²) in [5.74, 6) is 0.777. The van der Waals surface area contributed by atoms with Crippen molar-refractivity contribution in [3.8, 4) is 5.75 Å². The highest BCUT2D eigenvalue weighted by Crippen LogP contribution is 2.29. The lowest BCUT2D eigenvalue weighted by atomic mass is 10.0. The molecule has 0 unspecified atom stereocenters. The number of carbonyl (C=O) groups is 1. The van der Waals surface area contributed by atoms with Crippen LogP contribution < -0.4 is 43.4 Å². The van der Waals surface area contributed by atoms with Gasteiger partial charge in [-0.3, -0.25) is 4.79 Å². The van der Waals surface area contributed by atoms with E-state index in [0.717, 1.165) is 11.8 Å². The highest BCUT2D eigenvalue weighted by molar-refractivity contribution is 6.09. The zero-order valence-electron chi connectivity index (χ0n) is 23.3. The van der Waals surface area contributed by atoms with Gasteiger partial charge in [-0.15, -0.1) is 0 Å². The van der Waals surface area contributed by atoms with Gasteiger partial charge in [0, 0.05) is 68.1 Å². The van der Waals surface area contributed by atoms with Gasteiger partial charge in [-0.05, 0) is 42.1 Å². The van der Waals surface area contributed by atoms with Crippen LogP contribution in [-0.4, -0.2) is 77.3 Å². The quantitative estimate of drug-likeness (QED) is 0.144. The molecular formula is C29H37N11O2. The van der Waals surface area contributed by atoms with Gasteiger partial charge in [0.1, 0.15) is 5.75 Å². The second-order valence-electron chi connectivity index (χ2n) is 10.3. The average Bonchev–Trinajstić information content (AvgIpc) is 2.98. The molecule has 1 aromatic heterocycles. The van der Waals surface area contributed by atoms with Gasteiger partial charge in [0.25, 0.3) is 5.91 Å². The van der Waals surface area contributed by atoms with Crippen molar-refractivity contribution in [2.24, 2.45) is 22.9 Å². The molecule has 11 N–H and O–H groups in total. The molecule has 220 valence electrons. The van der Waals surface area contributed by atoms with Crippen LogP contribution in [-0.2, 0) is 0 Å². The molecule has 0 aliphatic carbocycles. The van der Waals surface area contributed by atoms with Crippen LogP contribution in [0.4, 0.5) is 29.2 Å². The van der Waals surface area contributed by atoms with E-state index in [4.69, 9.17) is 27.9 Å². The zero-order valence-corrected chi connectivity index (χ0v) is 23.3. The third kappa shape index (κ3) is 6.66. The van der Waals surface area contributed by atoms with E-state index in [0.29, 0.717) is 73.9 Å². The molecule has 0 spiro atoms. The largest absolute Gasteiger partial charge is 0.506 e. The fraction of sp³-hybridized carbons (Fsp3) is 0.310. The molecule has 1 fully saturated rings. The Morgan fingerprint density at radius 2 is 1.57 bits per heavy atom. The minimum absolute atomic E-state index is 0.0562. The molecular weight excluding hydrogens is 534 g/mol. The van der Waals surface area contributed by atoms with E-state index in [1.165, 1.54) is 0 Å². The Morgan fingerprint density at radius 3 is 2.26 bits per heavy atom. The lowest BCUT2D eigenvalue weighted by molar-refractivity contribution is 0.102. The van der Waals surface area contributed by atoms with Gasteiger partial charge < -0.3 is 48.5 Å². The molecule has 1 aliphatic rings. The topological polar surface area (TPSA) is 211 Å². The van der Waals surface area contributed by atoms with Gasteiger partial charge in [0.15, 0.2) is 0 Å². The van der Waals surface area contributed by atoms with Crippen molar-refractivity contribution in [3.63, 3.8) is 0 Å². The van der Waals surface area contributed by atoms with E-state index >= 15 is 0 Å². The molecule has 4 aromatic rings. The van der Waals surface area contributed by atoms with Crippen molar-refractivity contribution >= 4 is 45.9 Å². The molecule has 0 saturated carbocycles. The number of aromatic hydroxyl groups is 1. The molecule has 3 aromatic carbocycles. The zero-order chi connectivity index (χ0) is 29.6. The maximum atomic E-state index is 12.9. The fourth-order valence-electron chi connectivity index (χ4n) is 5.06. The second-order valence-corrected chi connectivity index (χ2v) is 10.3. The molecule has 42 heavy (non-hydrogen) atoms. The number of hydrogen-bond donors (Lipinski definition) is 7. The highest BCUT2D eigenvalue weighted by atomic mass is 16.3. The van der Waals surface area contributed by atoms with E-state index in [2.05, 4.69) is 20.6 Å². The van der Waals surface area contributed by atoms with E-state index in [1.54, 1.807) is 36.4 Å². The molecule has 13 nitrogen and oxygen atoms in total. The first-order valence-corrected chi connectivity index (χ1v) is 13.9. The predicted octanol–water partition coefficient (Wildman–Crippen LogP) is 1.31. The number of nitrogens with zero attached hydrogens (tertiary/aromatic N) is 5. The molecule has 2 heterocycles. The van der Waals surface area contributed by atoms with E-state index in [-0.39, 0.29) is 23.4 Å². The number of phenolic OH excluding ortho intramolecular Hbond substituents is 1. The number of carbonyl (C=O) groups excluding carboxylic acids is 1. The number of aromatic nitrogens is 3. The van der Waals surface area contributed by atoms with Crippen LogP contribution in [0.1, 0.15) is 16.8 Å². The lowest BCUT2D eigenvalue weighted by Crippen LogP contribution is -2.53. The van der Waals surface area contributed by atoms with Crippen LogP contribution in [0.5, 0.6) is 5.75 Å². The number of anilines is 5. The minimum atomic E-state index is -0.413. The third-order valence-electron chi connectivity index (χ3n) is 7.03. The summed E-state index contributed by atoms with van der Waals surface area (Å²) in [7, 11) is 0. The number of phenols is 1. The Balaban J connectivity index is 1.35. The summed E-state index contributed by atoms with van der Waals surface area (Å²) < 4.78 is 0. The van der Waals surface area contributed by atoms with E-state index in [9.17, 15) is 9.90 Å². The van der Waals surface area contributed by atoms with Crippen LogP contribution in [0.15, 0.2) is 60.7 Å². The number of nitrogens with one attached hydrogen (secondary N) is 2. The summed E-state index contributed by atoms with van der Waals surface area (Å²) in [4.78, 5) is 30.8. The molecule has 1 aliphatic heterocycles. The second kappa shape index (κ2) is 13.0. The Bertz CT molecular complexity index is 1520. The summed E-state index contributed by atoms with van der Waals surface area (Å²) in [6.07, 6.45) is 0.732.